The van der Waals surface area contributed by atoms with Crippen LogP contribution in [0.3, 0.4) is 0 Å². The topological polar surface area (TPSA) is 91.4 Å². The standard InChI is InChI=1S/C17H20F4N6O2/c1-27(2)9-3-8-22-14-13(18)10-23-15(25-14)26-16(28)24-11-4-6-12(7-5-11)29-17(19,20)21/h4-7,10H,3,8-9H2,1-2H3,(H3,22,23,24,25,26,28). The first-order valence-corrected chi connectivity index (χ1v) is 8.47. The molecule has 0 aliphatic rings. The second-order valence-electron chi connectivity index (χ2n) is 6.13. The fourth-order valence-electron chi connectivity index (χ4n) is 2.16. The van der Waals surface area contributed by atoms with Gasteiger partial charge in [-0.05, 0) is 51.3 Å². The van der Waals surface area contributed by atoms with Gasteiger partial charge in [-0.15, -0.1) is 13.2 Å². The van der Waals surface area contributed by atoms with Crippen LogP contribution in [-0.2, 0) is 0 Å². The van der Waals surface area contributed by atoms with Crippen LogP contribution in [0.1, 0.15) is 6.42 Å². The predicted octanol–water partition coefficient (Wildman–Crippen LogP) is 3.52. The van der Waals surface area contributed by atoms with Crippen molar-refractivity contribution < 1.29 is 27.1 Å². The van der Waals surface area contributed by atoms with Gasteiger partial charge in [0.15, 0.2) is 11.6 Å². The van der Waals surface area contributed by atoms with Crippen molar-refractivity contribution in [3.8, 4) is 5.75 Å². The summed E-state index contributed by atoms with van der Waals surface area (Å²) in [7, 11) is 3.84. The van der Waals surface area contributed by atoms with Crippen molar-refractivity contribution in [1.82, 2.24) is 14.9 Å². The van der Waals surface area contributed by atoms with E-state index >= 15 is 0 Å². The van der Waals surface area contributed by atoms with Gasteiger partial charge < -0.3 is 20.3 Å². The highest BCUT2D eigenvalue weighted by Crippen LogP contribution is 2.24. The molecule has 3 N–H and O–H groups in total. The number of carbonyl (C=O) groups excluding carboxylic acids is 1. The Bertz CT molecular complexity index is 815. The number of carbonyl (C=O) groups is 1. The molecule has 2 aromatic rings. The second kappa shape index (κ2) is 9.87. The van der Waals surface area contributed by atoms with E-state index in [4.69, 9.17) is 0 Å². The van der Waals surface area contributed by atoms with Gasteiger partial charge in [-0.25, -0.2) is 14.2 Å². The van der Waals surface area contributed by atoms with E-state index in [0.717, 1.165) is 31.3 Å². The van der Waals surface area contributed by atoms with E-state index in [-0.39, 0.29) is 17.5 Å². The molecule has 158 valence electrons. The number of nitrogens with one attached hydrogen (secondary N) is 3. The molecular formula is C17H20F4N6O2. The number of hydrogen-bond donors (Lipinski definition) is 3. The number of halogens is 4. The van der Waals surface area contributed by atoms with E-state index in [1.54, 1.807) is 0 Å². The van der Waals surface area contributed by atoms with Crippen LogP contribution in [0.4, 0.5) is 39.8 Å². The first-order valence-electron chi connectivity index (χ1n) is 8.47. The maximum absolute atomic E-state index is 13.8. The van der Waals surface area contributed by atoms with Crippen molar-refractivity contribution >= 4 is 23.5 Å². The van der Waals surface area contributed by atoms with E-state index in [9.17, 15) is 22.4 Å². The lowest BCUT2D eigenvalue weighted by Crippen LogP contribution is -2.22. The van der Waals surface area contributed by atoms with Crippen LogP contribution in [0, 0.1) is 5.82 Å². The molecule has 0 spiro atoms. The molecule has 8 nitrogen and oxygen atoms in total. The number of rotatable bonds is 8. The maximum atomic E-state index is 13.8. The molecule has 1 aromatic heterocycles. The summed E-state index contributed by atoms with van der Waals surface area (Å²) in [6.45, 7) is 1.28. The van der Waals surface area contributed by atoms with Crippen molar-refractivity contribution in [3.63, 3.8) is 0 Å². The van der Waals surface area contributed by atoms with Gasteiger partial charge >= 0.3 is 12.4 Å². The Morgan fingerprint density at radius 2 is 1.86 bits per heavy atom. The van der Waals surface area contributed by atoms with Gasteiger partial charge in [0.05, 0.1) is 6.20 Å². The minimum Gasteiger partial charge on any atom is -0.406 e. The largest absolute Gasteiger partial charge is 0.573 e. The maximum Gasteiger partial charge on any atom is 0.573 e. The van der Waals surface area contributed by atoms with Crippen LogP contribution in [-0.4, -0.2) is 54.4 Å². The lowest BCUT2D eigenvalue weighted by atomic mass is 10.3. The lowest BCUT2D eigenvalue weighted by Gasteiger charge is -2.12. The predicted molar refractivity (Wildman–Crippen MR) is 99.4 cm³/mol. The highest BCUT2D eigenvalue weighted by Gasteiger charge is 2.30. The molecule has 0 unspecified atom stereocenters. The zero-order valence-electron chi connectivity index (χ0n) is 15.7. The van der Waals surface area contributed by atoms with Crippen molar-refractivity contribution in [1.29, 1.82) is 0 Å². The number of hydrogen-bond acceptors (Lipinski definition) is 6. The third-order valence-electron chi connectivity index (χ3n) is 3.39. The molecule has 0 radical (unpaired) electrons. The minimum atomic E-state index is -4.80. The Kier molecular flexibility index (Phi) is 7.53. The Balaban J connectivity index is 1.90. The van der Waals surface area contributed by atoms with E-state index in [0.29, 0.717) is 6.54 Å². The first kappa shape index (κ1) is 22.1. The van der Waals surface area contributed by atoms with E-state index in [2.05, 4.69) is 30.7 Å². The van der Waals surface area contributed by atoms with Gasteiger partial charge in [-0.2, -0.15) is 4.98 Å². The summed E-state index contributed by atoms with van der Waals surface area (Å²) >= 11 is 0. The number of aromatic nitrogens is 2. The number of anilines is 3. The molecule has 0 bridgehead atoms. The summed E-state index contributed by atoms with van der Waals surface area (Å²) in [6, 6.07) is 3.80. The van der Waals surface area contributed by atoms with Gasteiger partial charge in [-0.3, -0.25) is 5.32 Å². The number of ether oxygens (including phenoxy) is 1. The van der Waals surface area contributed by atoms with Crippen LogP contribution >= 0.6 is 0 Å². The summed E-state index contributed by atoms with van der Waals surface area (Å²) in [6.07, 6.45) is -3.13. The molecule has 29 heavy (non-hydrogen) atoms. The number of amides is 2. The van der Waals surface area contributed by atoms with Gasteiger partial charge in [0.25, 0.3) is 0 Å². The van der Waals surface area contributed by atoms with E-state index < -0.39 is 24.0 Å². The van der Waals surface area contributed by atoms with Gasteiger partial charge in [0, 0.05) is 12.2 Å². The van der Waals surface area contributed by atoms with Crippen molar-refractivity contribution in [2.24, 2.45) is 0 Å². The Morgan fingerprint density at radius 3 is 2.48 bits per heavy atom. The van der Waals surface area contributed by atoms with Crippen molar-refractivity contribution in [2.45, 2.75) is 12.8 Å². The van der Waals surface area contributed by atoms with Crippen LogP contribution in [0.5, 0.6) is 5.75 Å². The molecule has 0 saturated carbocycles. The van der Waals surface area contributed by atoms with Crippen LogP contribution in [0.2, 0.25) is 0 Å². The number of alkyl halides is 3. The summed E-state index contributed by atoms with van der Waals surface area (Å²) in [4.78, 5) is 21.6. The zero-order chi connectivity index (χ0) is 21.4. The summed E-state index contributed by atoms with van der Waals surface area (Å²) < 4.78 is 53.9. The van der Waals surface area contributed by atoms with Crippen molar-refractivity contribution in [3.05, 3.63) is 36.3 Å². The second-order valence-corrected chi connectivity index (χ2v) is 6.13. The molecule has 0 atom stereocenters. The highest BCUT2D eigenvalue weighted by atomic mass is 19.4. The number of benzene rings is 1. The number of nitrogens with zero attached hydrogens (tertiary/aromatic N) is 3. The van der Waals surface area contributed by atoms with Gasteiger partial charge in [0.2, 0.25) is 5.95 Å². The molecule has 0 aliphatic carbocycles. The van der Waals surface area contributed by atoms with Crippen LogP contribution < -0.4 is 20.7 Å². The monoisotopic (exact) mass is 416 g/mol. The highest BCUT2D eigenvalue weighted by molar-refractivity contribution is 5.98. The third-order valence-corrected chi connectivity index (χ3v) is 3.39. The molecule has 0 fully saturated rings. The normalized spacial score (nSPS) is 11.3. The average molecular weight is 416 g/mol. The smallest absolute Gasteiger partial charge is 0.406 e. The quantitative estimate of drug-likeness (QED) is 0.451. The van der Waals surface area contributed by atoms with Crippen LogP contribution in [0.25, 0.3) is 0 Å². The SMILES string of the molecule is CN(C)CCCNc1nc(NC(=O)Nc2ccc(OC(F)(F)F)cc2)ncc1F. The first-order chi connectivity index (χ1) is 13.6. The van der Waals surface area contributed by atoms with E-state index in [1.165, 1.54) is 12.1 Å². The minimum absolute atomic E-state index is 0.0530. The molecule has 12 heteroatoms. The molecule has 0 aliphatic heterocycles. The molecule has 1 heterocycles. The van der Waals surface area contributed by atoms with Gasteiger partial charge in [0.1, 0.15) is 5.75 Å². The lowest BCUT2D eigenvalue weighted by molar-refractivity contribution is -0.274. The molecule has 2 rings (SSSR count). The number of urea groups is 1. The fraction of sp³-hybridized carbons (Fsp3) is 0.353. The summed E-state index contributed by atoms with van der Waals surface area (Å²) in [5.74, 6) is -1.28. The van der Waals surface area contributed by atoms with Crippen molar-refractivity contribution in [2.75, 3.05) is 43.1 Å². The average Bonchev–Trinajstić information content (AvgIpc) is 2.61. The molecular weight excluding hydrogens is 396 g/mol. The molecule has 2 amide bonds. The zero-order valence-corrected chi connectivity index (χ0v) is 15.7. The third kappa shape index (κ3) is 8.17. The Labute approximate surface area is 164 Å². The molecule has 1 aromatic carbocycles. The van der Waals surface area contributed by atoms with E-state index in [1.807, 2.05) is 19.0 Å². The van der Waals surface area contributed by atoms with Gasteiger partial charge in [-0.1, -0.05) is 0 Å². The fourth-order valence-corrected chi connectivity index (χ4v) is 2.16. The summed E-state index contributed by atoms with van der Waals surface area (Å²) in [5.41, 5.74) is 0.209. The molecule has 0 saturated heterocycles. The Hall–Kier alpha value is -3.15. The van der Waals surface area contributed by atoms with Crippen LogP contribution in [0.15, 0.2) is 30.5 Å². The Morgan fingerprint density at radius 1 is 1.17 bits per heavy atom. The summed E-state index contributed by atoms with van der Waals surface area (Å²) in [5, 5.41) is 7.54.